The average molecular weight is 153 g/mol. The van der Waals surface area contributed by atoms with E-state index in [4.69, 9.17) is 11.2 Å². The fraction of sp³-hybridized carbons (Fsp3) is 1.00. The molecule has 8 heavy (non-hydrogen) atoms. The molecule has 0 aliphatic heterocycles. The molecule has 0 amide bonds. The minimum atomic E-state index is 0.783. The van der Waals surface area contributed by atoms with Crippen molar-refractivity contribution in [2.24, 2.45) is 0 Å². The molecule has 0 heterocycles. The molecule has 0 atom stereocenters. The van der Waals surface area contributed by atoms with Gasteiger partial charge >= 0.3 is 0 Å². The lowest BCUT2D eigenvalue weighted by Gasteiger charge is -1.95. The van der Waals surface area contributed by atoms with E-state index in [0.29, 0.717) is 0 Å². The summed E-state index contributed by atoms with van der Waals surface area (Å²) in [6.45, 7) is 3.25. The van der Waals surface area contributed by atoms with Gasteiger partial charge in [0.2, 0.25) is 0 Å². The Kier molecular flexibility index (Phi) is 8.33. The van der Waals surface area contributed by atoms with E-state index < -0.39 is 0 Å². The average Bonchev–Trinajstić information content (AvgIpc) is 1.81. The molecular weight excluding hydrogens is 140 g/mol. The fourth-order valence-corrected chi connectivity index (χ4v) is 0.992. The van der Waals surface area contributed by atoms with Crippen molar-refractivity contribution in [3.63, 3.8) is 0 Å². The smallest absolute Gasteiger partial charge is 0.116 e. The highest BCUT2D eigenvalue weighted by Crippen LogP contribution is 2.07. The van der Waals surface area contributed by atoms with Crippen molar-refractivity contribution in [2.45, 2.75) is 26.2 Å². The molecule has 0 saturated carbocycles. The van der Waals surface area contributed by atoms with Crippen LogP contribution in [-0.4, -0.2) is 6.54 Å². The number of nitrogens with one attached hydrogen (secondary N) is 1. The van der Waals surface area contributed by atoms with Crippen LogP contribution in [0, 0.1) is 0 Å². The molecule has 0 rings (SSSR count). The molecule has 0 aliphatic carbocycles. The van der Waals surface area contributed by atoms with Gasteiger partial charge in [0.25, 0.3) is 0 Å². The maximum absolute atomic E-state index is 5.34. The van der Waals surface area contributed by atoms with Gasteiger partial charge in [-0.25, -0.2) is 0 Å². The minimum absolute atomic E-state index is 0.783. The van der Waals surface area contributed by atoms with Crippen LogP contribution in [0.3, 0.4) is 0 Å². The van der Waals surface area contributed by atoms with E-state index in [2.05, 4.69) is 12.0 Å². The first kappa shape index (κ1) is 8.68. The summed E-state index contributed by atoms with van der Waals surface area (Å²) in [6.07, 6.45) is 3.83. The molecule has 49 valence electrons. The summed E-state index contributed by atoms with van der Waals surface area (Å²) >= 11 is 5.34. The second kappa shape index (κ2) is 7.68. The van der Waals surface area contributed by atoms with Gasteiger partial charge in [0.1, 0.15) is 8.08 Å². The summed E-state index contributed by atoms with van der Waals surface area (Å²) in [5.74, 6) is 0. The topological polar surface area (TPSA) is 12.0 Å². The molecule has 0 unspecified atom stereocenters. The van der Waals surface area contributed by atoms with Gasteiger partial charge in [0.05, 0.1) is 0 Å². The fourth-order valence-electron chi connectivity index (χ4n) is 0.496. The van der Waals surface area contributed by atoms with E-state index in [0.717, 1.165) is 14.6 Å². The molecule has 0 spiro atoms. The number of rotatable bonds is 5. The summed E-state index contributed by atoms with van der Waals surface area (Å²) < 4.78 is 0. The van der Waals surface area contributed by atoms with Crippen LogP contribution in [0.15, 0.2) is 0 Å². The summed E-state index contributed by atoms with van der Waals surface area (Å²) in [4.78, 5) is 0. The quantitative estimate of drug-likeness (QED) is 0.472. The van der Waals surface area contributed by atoms with Gasteiger partial charge in [-0.15, -0.1) is 0 Å². The predicted octanol–water partition coefficient (Wildman–Crippen LogP) is 2.78. The Morgan fingerprint density at radius 1 is 1.50 bits per heavy atom. The van der Waals surface area contributed by atoms with Crippen LogP contribution in [0.5, 0.6) is 0 Å². The Morgan fingerprint density at radius 2 is 2.25 bits per heavy atom. The Bertz CT molecular complexity index is 37.4. The SMILES string of the molecule is CCCCCN[P]Cl. The first-order valence-electron chi connectivity index (χ1n) is 2.95. The van der Waals surface area contributed by atoms with E-state index in [-0.39, 0.29) is 0 Å². The second-order valence-electron chi connectivity index (χ2n) is 1.70. The zero-order valence-corrected chi connectivity index (χ0v) is 6.80. The highest BCUT2D eigenvalue weighted by Gasteiger charge is 1.83. The first-order chi connectivity index (χ1) is 3.91. The number of hydrogen-bond acceptors (Lipinski definition) is 1. The van der Waals surface area contributed by atoms with Crippen molar-refractivity contribution in [3.05, 3.63) is 0 Å². The molecule has 0 saturated heterocycles. The van der Waals surface area contributed by atoms with Crippen molar-refractivity contribution >= 4 is 19.3 Å². The standard InChI is InChI=1S/C5H12ClNP/c1-2-3-4-5-7-8-6/h7H,2-5H2,1H3. The van der Waals surface area contributed by atoms with E-state index in [9.17, 15) is 0 Å². The van der Waals surface area contributed by atoms with Gasteiger partial charge in [-0.05, 0) is 6.42 Å². The molecule has 1 radical (unpaired) electrons. The van der Waals surface area contributed by atoms with Crippen LogP contribution < -0.4 is 5.09 Å². The van der Waals surface area contributed by atoms with Crippen molar-refractivity contribution in [1.82, 2.24) is 5.09 Å². The van der Waals surface area contributed by atoms with Crippen molar-refractivity contribution in [3.8, 4) is 0 Å². The predicted molar refractivity (Wildman–Crippen MR) is 40.3 cm³/mol. The third kappa shape index (κ3) is 6.68. The van der Waals surface area contributed by atoms with Crippen LogP contribution in [0.1, 0.15) is 26.2 Å². The normalized spacial score (nSPS) is 11.2. The Balaban J connectivity index is 2.53. The second-order valence-corrected chi connectivity index (χ2v) is 2.69. The molecule has 1 N–H and O–H groups in total. The van der Waals surface area contributed by atoms with E-state index >= 15 is 0 Å². The molecule has 0 aliphatic rings. The summed E-state index contributed by atoms with van der Waals surface area (Å²) in [5, 5.41) is 3.02. The number of halogens is 1. The monoisotopic (exact) mass is 152 g/mol. The maximum Gasteiger partial charge on any atom is 0.116 e. The molecular formula is C5H12ClNP. The molecule has 3 heteroatoms. The highest BCUT2D eigenvalue weighted by molar-refractivity contribution is 7.66. The van der Waals surface area contributed by atoms with Gasteiger partial charge < -0.3 is 0 Å². The van der Waals surface area contributed by atoms with E-state index in [1.54, 1.807) is 0 Å². The van der Waals surface area contributed by atoms with Crippen molar-refractivity contribution < 1.29 is 0 Å². The van der Waals surface area contributed by atoms with Crippen LogP contribution in [0.4, 0.5) is 0 Å². The zero-order chi connectivity index (χ0) is 6.24. The van der Waals surface area contributed by atoms with Gasteiger partial charge in [0, 0.05) is 6.54 Å². The molecule has 0 bridgehead atoms. The lowest BCUT2D eigenvalue weighted by atomic mass is 10.3. The first-order valence-corrected chi connectivity index (χ1v) is 4.75. The molecule has 1 nitrogen and oxygen atoms in total. The largest absolute Gasteiger partial charge is 0.278 e. The lowest BCUT2D eigenvalue weighted by molar-refractivity contribution is 0.708. The Morgan fingerprint density at radius 3 is 2.75 bits per heavy atom. The molecule has 0 fully saturated rings. The van der Waals surface area contributed by atoms with E-state index in [1.807, 2.05) is 0 Å². The third-order valence-electron chi connectivity index (χ3n) is 0.952. The van der Waals surface area contributed by atoms with Crippen molar-refractivity contribution in [1.29, 1.82) is 0 Å². The third-order valence-corrected chi connectivity index (χ3v) is 1.65. The van der Waals surface area contributed by atoms with Crippen molar-refractivity contribution in [2.75, 3.05) is 6.54 Å². The number of unbranched alkanes of at least 4 members (excludes halogenated alkanes) is 2. The zero-order valence-electron chi connectivity index (χ0n) is 5.15. The van der Waals surface area contributed by atoms with Crippen LogP contribution in [0.2, 0.25) is 0 Å². The van der Waals surface area contributed by atoms with Crippen LogP contribution in [0.25, 0.3) is 0 Å². The number of hydrogen-bond donors (Lipinski definition) is 1. The lowest BCUT2D eigenvalue weighted by Crippen LogP contribution is -2.00. The van der Waals surface area contributed by atoms with Gasteiger partial charge in [-0.1, -0.05) is 31.0 Å². The molecule has 0 aromatic rings. The van der Waals surface area contributed by atoms with Gasteiger partial charge in [-0.3, -0.25) is 5.09 Å². The van der Waals surface area contributed by atoms with Crippen LogP contribution >= 0.6 is 19.3 Å². The molecule has 0 aromatic heterocycles. The summed E-state index contributed by atoms with van der Waals surface area (Å²) in [6, 6.07) is 0. The summed E-state index contributed by atoms with van der Waals surface area (Å²) in [5.41, 5.74) is 0. The molecule has 0 aromatic carbocycles. The highest BCUT2D eigenvalue weighted by atomic mass is 35.7. The van der Waals surface area contributed by atoms with Crippen LogP contribution in [-0.2, 0) is 0 Å². The van der Waals surface area contributed by atoms with E-state index in [1.165, 1.54) is 19.3 Å². The summed E-state index contributed by atoms with van der Waals surface area (Å²) in [7, 11) is 0.783. The van der Waals surface area contributed by atoms with Gasteiger partial charge in [0.15, 0.2) is 0 Å². The van der Waals surface area contributed by atoms with Gasteiger partial charge in [-0.2, -0.15) is 0 Å². The Hall–Kier alpha value is 0.680. The maximum atomic E-state index is 5.34. The Labute approximate surface area is 57.8 Å². The minimum Gasteiger partial charge on any atom is -0.278 e.